The number of imidazole rings is 1. The van der Waals surface area contributed by atoms with Crippen LogP contribution in [-0.4, -0.2) is 73.8 Å². The van der Waals surface area contributed by atoms with E-state index in [0.717, 1.165) is 10.9 Å². The Morgan fingerprint density at radius 2 is 1.62 bits per heavy atom. The third-order valence-electron chi connectivity index (χ3n) is 6.33. The lowest BCUT2D eigenvalue weighted by molar-refractivity contribution is -0.143. The van der Waals surface area contributed by atoms with E-state index in [1.54, 1.807) is 20.0 Å². The molecule has 14 nitrogen and oxygen atoms in total. The van der Waals surface area contributed by atoms with Crippen molar-refractivity contribution in [3.05, 3.63) is 54.2 Å². The van der Waals surface area contributed by atoms with Crippen LogP contribution in [0.15, 0.2) is 43.0 Å². The minimum Gasteiger partial charge on any atom is -0.480 e. The Hall–Kier alpha value is -4.72. The maximum Gasteiger partial charge on any atom is 0.326 e. The molecule has 0 aliphatic carbocycles. The first-order chi connectivity index (χ1) is 19.0. The number of hydrogen-bond donors (Lipinski definition) is 8. The minimum absolute atomic E-state index is 0.0209. The molecule has 0 saturated heterocycles. The predicted molar refractivity (Wildman–Crippen MR) is 144 cm³/mol. The van der Waals surface area contributed by atoms with Crippen molar-refractivity contribution >= 4 is 40.5 Å². The highest BCUT2D eigenvalue weighted by Crippen LogP contribution is 2.19. The molecule has 0 bridgehead atoms. The lowest BCUT2D eigenvalue weighted by Gasteiger charge is -2.25. The number of amides is 4. The average molecular weight is 555 g/mol. The van der Waals surface area contributed by atoms with E-state index in [4.69, 9.17) is 11.5 Å². The van der Waals surface area contributed by atoms with Gasteiger partial charge in [0.15, 0.2) is 0 Å². The maximum atomic E-state index is 13.5. The molecule has 40 heavy (non-hydrogen) atoms. The summed E-state index contributed by atoms with van der Waals surface area (Å²) in [6.45, 7) is 3.19. The van der Waals surface area contributed by atoms with Gasteiger partial charge >= 0.3 is 5.97 Å². The second-order valence-corrected chi connectivity index (χ2v) is 9.81. The fourth-order valence-corrected chi connectivity index (χ4v) is 4.18. The van der Waals surface area contributed by atoms with E-state index in [2.05, 4.69) is 30.9 Å². The summed E-state index contributed by atoms with van der Waals surface area (Å²) in [5.74, 6) is -4.96. The number of aromatic amines is 2. The third kappa shape index (κ3) is 7.89. The molecule has 4 atom stereocenters. The van der Waals surface area contributed by atoms with Gasteiger partial charge in [0, 0.05) is 41.8 Å². The molecule has 2 aromatic heterocycles. The molecule has 0 saturated carbocycles. The predicted octanol–water partition coefficient (Wildman–Crippen LogP) is -0.926. The quantitative estimate of drug-likeness (QED) is 0.124. The van der Waals surface area contributed by atoms with Crippen LogP contribution in [0.3, 0.4) is 0 Å². The number of benzene rings is 1. The molecule has 0 spiro atoms. The summed E-state index contributed by atoms with van der Waals surface area (Å²) in [5.41, 5.74) is 13.5. The number of fused-ring (bicyclic) bond motifs is 1. The summed E-state index contributed by atoms with van der Waals surface area (Å²) in [7, 11) is 0. The molecule has 14 heteroatoms. The minimum atomic E-state index is -1.48. The van der Waals surface area contributed by atoms with Crippen LogP contribution in [0.1, 0.15) is 31.5 Å². The van der Waals surface area contributed by atoms with Crippen LogP contribution in [0.25, 0.3) is 10.9 Å². The Bertz CT molecular complexity index is 1350. The Labute approximate surface area is 229 Å². The first-order valence-electron chi connectivity index (χ1n) is 12.7. The molecule has 214 valence electrons. The van der Waals surface area contributed by atoms with Gasteiger partial charge in [-0.15, -0.1) is 0 Å². The van der Waals surface area contributed by atoms with Crippen molar-refractivity contribution in [3.63, 3.8) is 0 Å². The van der Waals surface area contributed by atoms with Crippen LogP contribution in [0, 0.1) is 5.92 Å². The van der Waals surface area contributed by atoms with Crippen LogP contribution in [0.4, 0.5) is 0 Å². The van der Waals surface area contributed by atoms with Crippen molar-refractivity contribution in [2.45, 2.75) is 57.3 Å². The fourth-order valence-electron chi connectivity index (χ4n) is 4.18. The van der Waals surface area contributed by atoms with E-state index in [1.807, 2.05) is 24.3 Å². The molecule has 0 aliphatic heterocycles. The topological polar surface area (TPSA) is 238 Å². The van der Waals surface area contributed by atoms with E-state index in [1.165, 1.54) is 12.5 Å². The molecule has 3 aromatic rings. The number of carbonyl (C=O) groups is 5. The molecular formula is C26H34N8O6. The SMILES string of the molecule is CC(C)C(NC(=O)C(CC(N)=O)NC(=O)C(Cc1c[nH]c2ccccc12)NC(=O)C(N)Cc1cnc[nH]1)C(=O)O. The maximum absolute atomic E-state index is 13.5. The summed E-state index contributed by atoms with van der Waals surface area (Å²) in [5, 5.41) is 17.7. The fraction of sp³-hybridized carbons (Fsp3) is 0.385. The number of H-pyrrole nitrogens is 2. The number of carboxylic acid groups (broad SMARTS) is 1. The second kappa shape index (κ2) is 13.4. The number of aromatic nitrogens is 3. The Balaban J connectivity index is 1.84. The summed E-state index contributed by atoms with van der Waals surface area (Å²) in [6, 6.07) is 2.41. The van der Waals surface area contributed by atoms with Crippen molar-refractivity contribution in [3.8, 4) is 0 Å². The highest BCUT2D eigenvalue weighted by Gasteiger charge is 2.32. The number of nitrogens with two attached hydrogens (primary N) is 2. The smallest absolute Gasteiger partial charge is 0.326 e. The molecule has 3 rings (SSSR count). The van der Waals surface area contributed by atoms with E-state index in [0.29, 0.717) is 11.3 Å². The zero-order chi connectivity index (χ0) is 29.4. The number of aliphatic carboxylic acids is 1. The van der Waals surface area contributed by atoms with Gasteiger partial charge < -0.3 is 42.5 Å². The van der Waals surface area contributed by atoms with Crippen molar-refractivity contribution in [2.24, 2.45) is 17.4 Å². The number of rotatable bonds is 14. The van der Waals surface area contributed by atoms with Gasteiger partial charge in [-0.25, -0.2) is 9.78 Å². The number of para-hydroxylation sites is 1. The van der Waals surface area contributed by atoms with E-state index in [-0.39, 0.29) is 12.8 Å². The van der Waals surface area contributed by atoms with E-state index < -0.39 is 66.1 Å². The number of carbonyl (C=O) groups excluding carboxylic acids is 4. The average Bonchev–Trinajstić information content (AvgIpc) is 3.55. The van der Waals surface area contributed by atoms with Gasteiger partial charge in [0.05, 0.1) is 18.8 Å². The van der Waals surface area contributed by atoms with Gasteiger partial charge in [-0.2, -0.15) is 0 Å². The standard InChI is InChI=1S/C26H34N8O6/c1-13(2)22(26(39)40)34-25(38)20(9-21(28)35)33-24(37)19(7-14-10-30-18-6-4-3-5-16(14)18)32-23(36)17(27)8-15-11-29-12-31-15/h3-6,10-13,17,19-20,22,30H,7-9,27H2,1-2H3,(H2,28,35)(H,29,31)(H,32,36)(H,33,37)(H,34,38)(H,39,40). The number of hydrogen-bond acceptors (Lipinski definition) is 7. The molecular weight excluding hydrogens is 520 g/mol. The summed E-state index contributed by atoms with van der Waals surface area (Å²) < 4.78 is 0. The van der Waals surface area contributed by atoms with Crippen molar-refractivity contribution in [2.75, 3.05) is 0 Å². The molecule has 2 heterocycles. The molecule has 0 radical (unpaired) electrons. The van der Waals surface area contributed by atoms with Crippen LogP contribution >= 0.6 is 0 Å². The Morgan fingerprint density at radius 1 is 0.950 bits per heavy atom. The number of primary amides is 1. The lowest BCUT2D eigenvalue weighted by atomic mass is 10.0. The van der Waals surface area contributed by atoms with E-state index >= 15 is 0 Å². The van der Waals surface area contributed by atoms with Crippen molar-refractivity contribution in [1.29, 1.82) is 0 Å². The zero-order valence-electron chi connectivity index (χ0n) is 22.1. The van der Waals surface area contributed by atoms with Crippen LogP contribution in [0.2, 0.25) is 0 Å². The number of carboxylic acids is 1. The first kappa shape index (κ1) is 29.8. The summed E-state index contributed by atoms with van der Waals surface area (Å²) in [6.07, 6.45) is 4.24. The largest absolute Gasteiger partial charge is 0.480 e. The normalized spacial score (nSPS) is 14.2. The third-order valence-corrected chi connectivity index (χ3v) is 6.33. The van der Waals surface area contributed by atoms with Crippen LogP contribution in [0.5, 0.6) is 0 Å². The Morgan fingerprint density at radius 3 is 2.25 bits per heavy atom. The molecule has 1 aromatic carbocycles. The molecule has 4 unspecified atom stereocenters. The first-order valence-corrected chi connectivity index (χ1v) is 12.7. The lowest BCUT2D eigenvalue weighted by Crippen LogP contribution is -2.58. The van der Waals surface area contributed by atoms with Crippen LogP contribution in [-0.2, 0) is 36.8 Å². The van der Waals surface area contributed by atoms with Gasteiger partial charge in [0.2, 0.25) is 23.6 Å². The van der Waals surface area contributed by atoms with Crippen molar-refractivity contribution in [1.82, 2.24) is 30.9 Å². The Kier molecular flexibility index (Phi) is 9.97. The second-order valence-electron chi connectivity index (χ2n) is 9.81. The zero-order valence-corrected chi connectivity index (χ0v) is 22.1. The van der Waals surface area contributed by atoms with Gasteiger partial charge in [0.1, 0.15) is 18.1 Å². The molecule has 4 amide bonds. The van der Waals surface area contributed by atoms with Gasteiger partial charge in [-0.3, -0.25) is 19.2 Å². The summed E-state index contributed by atoms with van der Waals surface area (Å²) in [4.78, 5) is 72.6. The van der Waals surface area contributed by atoms with Crippen LogP contribution < -0.4 is 27.4 Å². The molecule has 10 N–H and O–H groups in total. The highest BCUT2D eigenvalue weighted by molar-refractivity contribution is 5.96. The monoisotopic (exact) mass is 554 g/mol. The van der Waals surface area contributed by atoms with Gasteiger partial charge in [-0.05, 0) is 17.5 Å². The van der Waals surface area contributed by atoms with Crippen molar-refractivity contribution < 1.29 is 29.1 Å². The summed E-state index contributed by atoms with van der Waals surface area (Å²) >= 11 is 0. The molecule has 0 fully saturated rings. The van der Waals surface area contributed by atoms with Gasteiger partial charge in [-0.1, -0.05) is 32.0 Å². The molecule has 0 aliphatic rings. The van der Waals surface area contributed by atoms with E-state index in [9.17, 15) is 29.1 Å². The highest BCUT2D eigenvalue weighted by atomic mass is 16.4. The number of nitrogens with one attached hydrogen (secondary N) is 5. The van der Waals surface area contributed by atoms with Gasteiger partial charge in [0.25, 0.3) is 0 Å². The number of nitrogens with zero attached hydrogens (tertiary/aromatic N) is 1.